The second-order valence-electron chi connectivity index (χ2n) is 19.6. The zero-order chi connectivity index (χ0) is 50.8. The van der Waals surface area contributed by atoms with Crippen LogP contribution in [0.15, 0.2) is 48.5 Å². The first-order valence-electron chi connectivity index (χ1n) is 25.1. The molecule has 2 aliphatic heterocycles. The number of carbonyl (C=O) groups excluding carboxylic acids is 4. The fraction of sp³-hybridized carbons (Fsp3) is 0.500. The van der Waals surface area contributed by atoms with E-state index >= 15 is 0 Å². The number of benzene rings is 4. The molecule has 0 spiro atoms. The summed E-state index contributed by atoms with van der Waals surface area (Å²) in [7, 11) is 12.6. The first kappa shape index (κ1) is 50.1. The summed E-state index contributed by atoms with van der Waals surface area (Å²) in [6.07, 6.45) is 6.12. The molecule has 4 atom stereocenters. The van der Waals surface area contributed by atoms with Crippen molar-refractivity contribution in [3.8, 4) is 46.0 Å². The lowest BCUT2D eigenvalue weighted by molar-refractivity contribution is -0.125. The van der Waals surface area contributed by atoms with Crippen molar-refractivity contribution in [1.29, 1.82) is 0 Å². The van der Waals surface area contributed by atoms with E-state index in [1.165, 1.54) is 0 Å². The maximum atomic E-state index is 14.9. The average molecular weight is 989 g/mol. The van der Waals surface area contributed by atoms with E-state index in [4.69, 9.17) is 37.9 Å². The Morgan fingerprint density at radius 1 is 0.292 bits per heavy atom. The number of hydrogen-bond acceptors (Lipinski definition) is 12. The Balaban J connectivity index is 1.46. The lowest BCUT2D eigenvalue weighted by Crippen LogP contribution is -2.53. The van der Waals surface area contributed by atoms with Crippen LogP contribution in [0, 0.1) is 0 Å². The molecular formula is C56H68N4O12. The summed E-state index contributed by atoms with van der Waals surface area (Å²) in [5.74, 6) is -0.339. The van der Waals surface area contributed by atoms with Crippen LogP contribution in [0.1, 0.15) is 145 Å². The van der Waals surface area contributed by atoms with Gasteiger partial charge in [-0.25, -0.2) is 0 Å². The van der Waals surface area contributed by atoms with E-state index in [9.17, 15) is 19.2 Å². The zero-order valence-electron chi connectivity index (χ0n) is 42.6. The molecule has 3 aliphatic carbocycles. The van der Waals surface area contributed by atoms with E-state index in [0.29, 0.717) is 116 Å². The van der Waals surface area contributed by atoms with Gasteiger partial charge in [0.25, 0.3) is 0 Å². The highest BCUT2D eigenvalue weighted by molar-refractivity contribution is 5.83. The maximum Gasteiger partial charge on any atom is 0.221 e. The van der Waals surface area contributed by atoms with Crippen LogP contribution in [0.2, 0.25) is 0 Å². The van der Waals surface area contributed by atoms with E-state index in [2.05, 4.69) is 21.3 Å². The van der Waals surface area contributed by atoms with Gasteiger partial charge in [0.1, 0.15) is 46.0 Å². The van der Waals surface area contributed by atoms with Crippen molar-refractivity contribution in [2.24, 2.45) is 0 Å². The third kappa shape index (κ3) is 9.63. The molecule has 12 bridgehead atoms. The van der Waals surface area contributed by atoms with Crippen LogP contribution >= 0.6 is 0 Å². The quantitative estimate of drug-likeness (QED) is 0.138. The van der Waals surface area contributed by atoms with E-state index in [1.807, 2.05) is 36.4 Å². The Hall–Kier alpha value is -6.84. The van der Waals surface area contributed by atoms with Gasteiger partial charge in [0.2, 0.25) is 23.6 Å². The van der Waals surface area contributed by atoms with Crippen molar-refractivity contribution in [1.82, 2.24) is 21.3 Å². The molecule has 0 aromatic heterocycles. The Morgan fingerprint density at radius 3 is 0.611 bits per heavy atom. The van der Waals surface area contributed by atoms with Crippen molar-refractivity contribution in [3.63, 3.8) is 0 Å². The minimum atomic E-state index is -0.737. The van der Waals surface area contributed by atoms with Crippen LogP contribution in [0.4, 0.5) is 0 Å². The molecule has 4 aromatic rings. The molecule has 0 unspecified atom stereocenters. The van der Waals surface area contributed by atoms with Gasteiger partial charge in [-0.2, -0.15) is 0 Å². The van der Waals surface area contributed by atoms with E-state index in [1.54, 1.807) is 69.0 Å². The second kappa shape index (κ2) is 21.5. The molecule has 4 N–H and O–H groups in total. The number of carbonyl (C=O) groups is 4. The summed E-state index contributed by atoms with van der Waals surface area (Å²) in [6.45, 7) is 0. The van der Waals surface area contributed by atoms with Crippen molar-refractivity contribution < 1.29 is 57.1 Å². The van der Waals surface area contributed by atoms with Gasteiger partial charge in [-0.3, -0.25) is 19.2 Å². The SMILES string of the molecule is COc1cc(OC)c2cc1C1CC(=O)N[C@@H]3CCCC[C@H]3NC(=O)CC2c2cc(c(OC)cc2OC)C2CC(=O)N[C@@H]3CCCC[C@H]3NC(=O)CC(c3cc2c(OC)cc3OC)c2cc1c(OC)cc2OC. The van der Waals surface area contributed by atoms with Crippen LogP contribution in [-0.2, 0) is 19.2 Å². The number of ether oxygens (including phenoxy) is 8. The van der Waals surface area contributed by atoms with E-state index in [-0.39, 0.29) is 73.5 Å². The minimum Gasteiger partial charge on any atom is -0.496 e. The number of amides is 4. The average Bonchev–Trinajstić information content (AvgIpc) is 3.40. The van der Waals surface area contributed by atoms with Gasteiger partial charge in [-0.15, -0.1) is 0 Å². The number of hydrogen-bond donors (Lipinski definition) is 4. The molecule has 16 nitrogen and oxygen atoms in total. The number of rotatable bonds is 8. The predicted octanol–water partition coefficient (Wildman–Crippen LogP) is 7.27. The third-order valence-corrected chi connectivity index (χ3v) is 15.8. The zero-order valence-corrected chi connectivity index (χ0v) is 42.6. The molecule has 4 amide bonds. The molecule has 0 radical (unpaired) electrons. The summed E-state index contributed by atoms with van der Waals surface area (Å²) in [6, 6.07) is 13.8. The van der Waals surface area contributed by atoms with Gasteiger partial charge in [0.05, 0.1) is 56.9 Å². The van der Waals surface area contributed by atoms with Crippen LogP contribution < -0.4 is 59.2 Å². The molecule has 16 heteroatoms. The highest BCUT2D eigenvalue weighted by Crippen LogP contribution is 2.53. The van der Waals surface area contributed by atoms with Gasteiger partial charge >= 0.3 is 0 Å². The van der Waals surface area contributed by atoms with Crippen LogP contribution in [-0.4, -0.2) is 105 Å². The minimum absolute atomic E-state index is 0.0466. The molecule has 2 fully saturated rings. The molecule has 384 valence electrons. The van der Waals surface area contributed by atoms with Crippen molar-refractivity contribution >= 4 is 23.6 Å². The summed E-state index contributed by atoms with van der Waals surface area (Å²) in [5.41, 5.74) is 5.04. The first-order valence-corrected chi connectivity index (χ1v) is 25.1. The smallest absolute Gasteiger partial charge is 0.221 e. The standard InChI is InChI=1S/C56H68N4O12/c1-65-45-25-46(66-2)34-17-33(45)29-21-53(61)57-41-13-9-10-14-42(41)58-54(62)22-30(34)39-20-40(52(72-8)28-51(39)71-7)32-24-56(64)60-44-16-12-11-15-43(44)59-55(63)23-31(35-18-36(32)48(68-4)26-47(35)67-3)38-19-37(29)49(69-5)27-50(38)70-6/h17-20,25-32,41-44H,9-16,21-24H2,1-8H3,(H,57,61)(H,58,62)(H,59,63)(H,60,64)/t29?,30?,31?,32?,41-,42-,43-,44-/m1/s1. The summed E-state index contributed by atoms with van der Waals surface area (Å²) < 4.78 is 50.0. The number of methoxy groups -OCH3 is 8. The molecule has 4 aromatic carbocycles. The molecule has 2 saturated carbocycles. The summed E-state index contributed by atoms with van der Waals surface area (Å²) in [5, 5.41) is 13.4. The molecule has 0 saturated heterocycles. The Morgan fingerprint density at radius 2 is 0.458 bits per heavy atom. The molecule has 5 aliphatic rings. The van der Waals surface area contributed by atoms with Gasteiger partial charge in [-0.1, -0.05) is 25.7 Å². The largest absolute Gasteiger partial charge is 0.496 e. The van der Waals surface area contributed by atoms with Crippen LogP contribution in [0.5, 0.6) is 46.0 Å². The third-order valence-electron chi connectivity index (χ3n) is 15.8. The van der Waals surface area contributed by atoms with Crippen molar-refractivity contribution in [2.45, 2.75) is 125 Å². The molecule has 9 rings (SSSR count). The highest BCUT2D eigenvalue weighted by Gasteiger charge is 2.40. The van der Waals surface area contributed by atoms with Crippen LogP contribution in [0.3, 0.4) is 0 Å². The van der Waals surface area contributed by atoms with Gasteiger partial charge in [-0.05, 0) is 49.9 Å². The van der Waals surface area contributed by atoms with Gasteiger partial charge < -0.3 is 59.2 Å². The normalized spacial score (nSPS) is 25.1. The lowest BCUT2D eigenvalue weighted by Gasteiger charge is -2.34. The summed E-state index contributed by atoms with van der Waals surface area (Å²) >= 11 is 0. The monoisotopic (exact) mass is 988 g/mol. The fourth-order valence-corrected chi connectivity index (χ4v) is 12.3. The van der Waals surface area contributed by atoms with Crippen molar-refractivity contribution in [3.05, 3.63) is 93.0 Å². The van der Waals surface area contributed by atoms with Crippen molar-refractivity contribution in [2.75, 3.05) is 56.9 Å². The fourth-order valence-electron chi connectivity index (χ4n) is 12.3. The van der Waals surface area contributed by atoms with Gasteiger partial charge in [0.15, 0.2) is 0 Å². The maximum absolute atomic E-state index is 14.9. The lowest BCUT2D eigenvalue weighted by atomic mass is 9.77. The topological polar surface area (TPSA) is 190 Å². The number of nitrogens with one attached hydrogen (secondary N) is 4. The Labute approximate surface area is 421 Å². The first-order chi connectivity index (χ1) is 34.9. The molecule has 2 heterocycles. The Bertz CT molecular complexity index is 2380. The van der Waals surface area contributed by atoms with Crippen LogP contribution in [0.25, 0.3) is 0 Å². The predicted molar refractivity (Wildman–Crippen MR) is 269 cm³/mol. The summed E-state index contributed by atoms with van der Waals surface area (Å²) in [4.78, 5) is 59.4. The highest BCUT2D eigenvalue weighted by atomic mass is 16.5. The van der Waals surface area contributed by atoms with E-state index in [0.717, 1.165) is 25.7 Å². The van der Waals surface area contributed by atoms with Gasteiger partial charge in [0, 0.05) is 142 Å². The Kier molecular flexibility index (Phi) is 15.0. The molecule has 72 heavy (non-hydrogen) atoms. The second-order valence-corrected chi connectivity index (χ2v) is 19.6. The molecular weight excluding hydrogens is 921 g/mol. The number of fused-ring (bicyclic) bond motifs is 10. The van der Waals surface area contributed by atoms with E-state index < -0.39 is 23.7 Å².